The van der Waals surface area contributed by atoms with Gasteiger partial charge in [-0.1, -0.05) is 18.2 Å². The molecule has 0 amide bonds. The summed E-state index contributed by atoms with van der Waals surface area (Å²) in [5.41, 5.74) is 3.29. The average molecular weight is 303 g/mol. The summed E-state index contributed by atoms with van der Waals surface area (Å²) in [6.45, 7) is 1.64. The molecular formula is C16H17NO3S. The first-order chi connectivity index (χ1) is 10.00. The van der Waals surface area contributed by atoms with Gasteiger partial charge in [0, 0.05) is 12.1 Å². The fraction of sp³-hybridized carbons (Fsp3) is 0.312. The molecule has 0 radical (unpaired) electrons. The second-order valence-electron chi connectivity index (χ2n) is 5.43. The lowest BCUT2D eigenvalue weighted by Crippen LogP contribution is -2.34. The van der Waals surface area contributed by atoms with Crippen LogP contribution in [0.25, 0.3) is 0 Å². The zero-order chi connectivity index (χ0) is 15.0. The van der Waals surface area contributed by atoms with Gasteiger partial charge in [-0.2, -0.15) is 4.73 Å². The van der Waals surface area contributed by atoms with Crippen molar-refractivity contribution in [2.24, 2.45) is 0 Å². The topological polar surface area (TPSA) is 61.1 Å². The van der Waals surface area contributed by atoms with Crippen LogP contribution in [0.2, 0.25) is 0 Å². The number of rotatable bonds is 3. The van der Waals surface area contributed by atoms with Crippen LogP contribution in [0.5, 0.6) is 0 Å². The minimum absolute atomic E-state index is 0.196. The Labute approximate surface area is 124 Å². The first-order valence-corrected chi connectivity index (χ1v) is 8.58. The highest BCUT2D eigenvalue weighted by atomic mass is 32.2. The smallest absolute Gasteiger partial charge is 0.309 e. The van der Waals surface area contributed by atoms with E-state index in [9.17, 15) is 13.6 Å². The van der Waals surface area contributed by atoms with Crippen LogP contribution in [0.15, 0.2) is 47.6 Å². The quantitative estimate of drug-likeness (QED) is 0.646. The number of nitrogens with zero attached hydrogens (tertiary/aromatic N) is 1. The van der Waals surface area contributed by atoms with Gasteiger partial charge in [0.05, 0.1) is 5.25 Å². The lowest BCUT2D eigenvalue weighted by Gasteiger charge is -2.14. The number of pyridine rings is 1. The highest BCUT2D eigenvalue weighted by Crippen LogP contribution is 2.30. The summed E-state index contributed by atoms with van der Waals surface area (Å²) >= 11 is 0. The largest absolute Gasteiger partial charge is 0.618 e. The van der Waals surface area contributed by atoms with Crippen molar-refractivity contribution in [1.82, 2.24) is 0 Å². The summed E-state index contributed by atoms with van der Waals surface area (Å²) < 4.78 is 25.7. The highest BCUT2D eigenvalue weighted by molar-refractivity contribution is 7.91. The minimum Gasteiger partial charge on any atom is -0.618 e. The molecule has 0 aliphatic heterocycles. The van der Waals surface area contributed by atoms with Crippen LogP contribution in [0.4, 0.5) is 0 Å². The molecule has 1 aliphatic carbocycles. The summed E-state index contributed by atoms with van der Waals surface area (Å²) in [6.07, 6.45) is 4.40. The molecule has 21 heavy (non-hydrogen) atoms. The Hall–Kier alpha value is -1.88. The molecule has 1 aromatic heterocycles. The van der Waals surface area contributed by atoms with Crippen LogP contribution >= 0.6 is 0 Å². The fourth-order valence-electron chi connectivity index (χ4n) is 2.84. The molecule has 1 unspecified atom stereocenters. The summed E-state index contributed by atoms with van der Waals surface area (Å²) in [7, 11) is -3.69. The molecule has 0 saturated heterocycles. The summed E-state index contributed by atoms with van der Waals surface area (Å²) in [5, 5.41) is 10.8. The van der Waals surface area contributed by atoms with Crippen molar-refractivity contribution in [3.63, 3.8) is 0 Å². The molecule has 5 heteroatoms. The Balaban J connectivity index is 2.02. The summed E-state index contributed by atoms with van der Waals surface area (Å²) in [5.74, 6) is 0. The number of hydrogen-bond donors (Lipinski definition) is 0. The van der Waals surface area contributed by atoms with Crippen LogP contribution in [0, 0.1) is 5.21 Å². The van der Waals surface area contributed by atoms with Gasteiger partial charge >= 0.3 is 5.03 Å². The number of benzene rings is 1. The molecule has 3 rings (SSSR count). The normalized spacial score (nSPS) is 15.7. The van der Waals surface area contributed by atoms with Crippen LogP contribution in [-0.2, 0) is 22.7 Å². The molecule has 0 saturated carbocycles. The molecule has 0 fully saturated rings. The third kappa shape index (κ3) is 2.42. The molecule has 4 nitrogen and oxygen atoms in total. The van der Waals surface area contributed by atoms with Gasteiger partial charge in [0.25, 0.3) is 0 Å². The lowest BCUT2D eigenvalue weighted by molar-refractivity contribution is -0.646. The van der Waals surface area contributed by atoms with Crippen molar-refractivity contribution in [2.75, 3.05) is 0 Å². The van der Waals surface area contributed by atoms with Crippen LogP contribution in [0.3, 0.4) is 0 Å². The Morgan fingerprint density at radius 2 is 1.90 bits per heavy atom. The van der Waals surface area contributed by atoms with E-state index in [1.54, 1.807) is 13.0 Å². The standard InChI is InChI=1S/C16H17NO3S/c1-12(14-9-8-13-5-4-6-15(13)11-14)21(19,20)16-7-2-3-10-17(16)18/h2-3,7-12H,4-6H2,1H3. The van der Waals surface area contributed by atoms with E-state index in [0.717, 1.165) is 24.8 Å². The number of sulfone groups is 1. The van der Waals surface area contributed by atoms with E-state index in [-0.39, 0.29) is 5.03 Å². The molecule has 0 bridgehead atoms. The Morgan fingerprint density at radius 3 is 2.67 bits per heavy atom. The Kier molecular flexibility index (Phi) is 3.45. The maximum absolute atomic E-state index is 12.6. The van der Waals surface area contributed by atoms with E-state index in [2.05, 4.69) is 0 Å². The molecule has 0 N–H and O–H groups in total. The second kappa shape index (κ2) is 5.15. The maximum atomic E-state index is 12.6. The molecule has 1 atom stereocenters. The van der Waals surface area contributed by atoms with Crippen molar-refractivity contribution < 1.29 is 13.1 Å². The SMILES string of the molecule is CC(c1ccc2c(c1)CCC2)S(=O)(=O)c1cccc[n+]1[O-]. The lowest BCUT2D eigenvalue weighted by atomic mass is 10.0. The van der Waals surface area contributed by atoms with Gasteiger partial charge in [-0.3, -0.25) is 0 Å². The van der Waals surface area contributed by atoms with Gasteiger partial charge < -0.3 is 5.21 Å². The predicted octanol–water partition coefficient (Wildman–Crippen LogP) is 2.34. The van der Waals surface area contributed by atoms with E-state index in [1.807, 2.05) is 18.2 Å². The van der Waals surface area contributed by atoms with Crippen molar-refractivity contribution in [3.8, 4) is 0 Å². The van der Waals surface area contributed by atoms with Gasteiger partial charge in [0.15, 0.2) is 6.20 Å². The Bertz CT molecular complexity index is 784. The highest BCUT2D eigenvalue weighted by Gasteiger charge is 2.31. The predicted molar refractivity (Wildman–Crippen MR) is 79.5 cm³/mol. The number of aryl methyl sites for hydroxylation is 2. The number of fused-ring (bicyclic) bond motifs is 1. The average Bonchev–Trinajstić information content (AvgIpc) is 2.94. The van der Waals surface area contributed by atoms with Crippen molar-refractivity contribution in [3.05, 3.63) is 64.5 Å². The van der Waals surface area contributed by atoms with Gasteiger partial charge in [0.2, 0.25) is 9.84 Å². The van der Waals surface area contributed by atoms with E-state index >= 15 is 0 Å². The molecule has 0 spiro atoms. The molecule has 1 aliphatic rings. The molecule has 2 aromatic rings. The van der Waals surface area contributed by atoms with Crippen molar-refractivity contribution >= 4 is 9.84 Å². The molecule has 110 valence electrons. The molecule has 1 aromatic carbocycles. The number of aromatic nitrogens is 1. The van der Waals surface area contributed by atoms with E-state index in [4.69, 9.17) is 0 Å². The molecule has 1 heterocycles. The summed E-state index contributed by atoms with van der Waals surface area (Å²) in [4.78, 5) is 0. The second-order valence-corrected chi connectivity index (χ2v) is 7.65. The van der Waals surface area contributed by atoms with Gasteiger partial charge in [-0.15, -0.1) is 0 Å². The summed E-state index contributed by atoms with van der Waals surface area (Å²) in [6, 6.07) is 10.3. The fourth-order valence-corrected chi connectivity index (χ4v) is 4.28. The van der Waals surface area contributed by atoms with Crippen molar-refractivity contribution in [1.29, 1.82) is 0 Å². The van der Waals surface area contributed by atoms with Gasteiger partial charge in [-0.05, 0) is 48.9 Å². The third-order valence-corrected chi connectivity index (χ3v) is 6.24. The maximum Gasteiger partial charge on any atom is 0.309 e. The Morgan fingerprint density at radius 1 is 1.14 bits per heavy atom. The minimum atomic E-state index is -3.69. The zero-order valence-corrected chi connectivity index (χ0v) is 12.6. The van der Waals surface area contributed by atoms with E-state index < -0.39 is 15.1 Å². The number of hydrogen-bond acceptors (Lipinski definition) is 3. The van der Waals surface area contributed by atoms with Crippen LogP contribution in [-0.4, -0.2) is 8.42 Å². The van der Waals surface area contributed by atoms with Crippen molar-refractivity contribution in [2.45, 2.75) is 36.5 Å². The monoisotopic (exact) mass is 303 g/mol. The zero-order valence-electron chi connectivity index (χ0n) is 11.8. The first-order valence-electron chi connectivity index (χ1n) is 7.04. The molecular weight excluding hydrogens is 286 g/mol. The van der Waals surface area contributed by atoms with Crippen LogP contribution in [0.1, 0.15) is 35.3 Å². The van der Waals surface area contributed by atoms with E-state index in [1.165, 1.54) is 29.5 Å². The van der Waals surface area contributed by atoms with Gasteiger partial charge in [0.1, 0.15) is 0 Å². The van der Waals surface area contributed by atoms with Gasteiger partial charge in [-0.25, -0.2) is 8.42 Å². The third-order valence-electron chi connectivity index (χ3n) is 4.14. The van der Waals surface area contributed by atoms with E-state index in [0.29, 0.717) is 4.73 Å². The van der Waals surface area contributed by atoms with Crippen LogP contribution < -0.4 is 4.73 Å². The first kappa shape index (κ1) is 14.1.